The van der Waals surface area contributed by atoms with Crippen LogP contribution in [-0.4, -0.2) is 0 Å². The Morgan fingerprint density at radius 2 is 0.914 bits per heavy atom. The summed E-state index contributed by atoms with van der Waals surface area (Å²) in [6.45, 7) is 0. The van der Waals surface area contributed by atoms with Gasteiger partial charge in [0.2, 0.25) is 0 Å². The smallest absolute Gasteiger partial charge is 0.147 e. The van der Waals surface area contributed by atoms with Gasteiger partial charge in [0.15, 0.2) is 0 Å². The summed E-state index contributed by atoms with van der Waals surface area (Å²) in [5.74, 6) is 1.74. The molecule has 2 saturated carbocycles. The molecule has 1 heterocycles. The van der Waals surface area contributed by atoms with Crippen molar-refractivity contribution >= 4 is 37.0 Å². The van der Waals surface area contributed by atoms with E-state index in [1.165, 1.54) is 64.2 Å². The molecule has 5 aliphatic rings. The van der Waals surface area contributed by atoms with Crippen molar-refractivity contribution in [3.8, 4) is 0 Å². The van der Waals surface area contributed by atoms with Crippen LogP contribution in [-0.2, 0) is 20.0 Å². The first-order valence-electron chi connectivity index (χ1n) is 14.0. The van der Waals surface area contributed by atoms with E-state index in [1.807, 2.05) is 11.1 Å². The normalized spacial score (nSPS) is 27.1. The average Bonchev–Trinajstić information content (AvgIpc) is 3.41. The maximum Gasteiger partial charge on any atom is -0.147 e. The van der Waals surface area contributed by atoms with Crippen molar-refractivity contribution in [3.05, 3.63) is 81.9 Å². The van der Waals surface area contributed by atoms with Crippen molar-refractivity contribution < 1.29 is 20.0 Å². The van der Waals surface area contributed by atoms with Gasteiger partial charge in [0, 0.05) is 0 Å². The molecule has 0 amide bonds. The Morgan fingerprint density at radius 1 is 0.514 bits per heavy atom. The van der Waals surface area contributed by atoms with Gasteiger partial charge in [-0.3, -0.25) is 0 Å². The SMILES string of the molecule is C1=C(C2CCCCC2)[CH]([Hf]2([CH]3C(C4CCCCC4)=Cc4ccccc43)[CH2][CH2]2)c2ccccc21.Cl.Cl. The molecular formula is C32H40Cl2Hf. The predicted molar refractivity (Wildman–Crippen MR) is 152 cm³/mol. The number of rotatable bonds is 4. The second-order valence-electron chi connectivity index (χ2n) is 11.8. The van der Waals surface area contributed by atoms with E-state index in [2.05, 4.69) is 60.7 Å². The van der Waals surface area contributed by atoms with Gasteiger partial charge in [0.25, 0.3) is 0 Å². The van der Waals surface area contributed by atoms with Crippen LogP contribution < -0.4 is 0 Å². The molecule has 0 bridgehead atoms. The molecule has 7 rings (SSSR count). The fourth-order valence-corrected chi connectivity index (χ4v) is 36.7. The van der Waals surface area contributed by atoms with E-state index < -0.39 is 20.0 Å². The van der Waals surface area contributed by atoms with Crippen LogP contribution in [0.25, 0.3) is 12.2 Å². The summed E-state index contributed by atoms with van der Waals surface area (Å²) in [7, 11) is 0. The Kier molecular flexibility index (Phi) is 7.89. The predicted octanol–water partition coefficient (Wildman–Crippen LogP) is 10.3. The molecule has 3 fully saturated rings. The van der Waals surface area contributed by atoms with Crippen LogP contribution in [0.5, 0.6) is 0 Å². The minimum atomic E-state index is -2.68. The summed E-state index contributed by atoms with van der Waals surface area (Å²) in [4.78, 5) is 0. The fourth-order valence-electron chi connectivity index (χ4n) is 8.45. The van der Waals surface area contributed by atoms with Gasteiger partial charge in [-0.15, -0.1) is 24.8 Å². The second kappa shape index (κ2) is 10.6. The van der Waals surface area contributed by atoms with Crippen molar-refractivity contribution in [2.75, 3.05) is 0 Å². The summed E-state index contributed by atoms with van der Waals surface area (Å²) in [6.07, 6.45) is 20.0. The molecule has 0 radical (unpaired) electrons. The van der Waals surface area contributed by atoms with E-state index in [0.29, 0.717) is 0 Å². The van der Waals surface area contributed by atoms with E-state index in [0.717, 1.165) is 19.2 Å². The van der Waals surface area contributed by atoms with Crippen LogP contribution in [0.3, 0.4) is 0 Å². The maximum absolute atomic E-state index is 2.71. The van der Waals surface area contributed by atoms with Gasteiger partial charge in [0.1, 0.15) is 0 Å². The van der Waals surface area contributed by atoms with Crippen LogP contribution in [0.1, 0.15) is 93.8 Å². The summed E-state index contributed by atoms with van der Waals surface area (Å²) in [5.41, 5.74) is 10.5. The Balaban J connectivity index is 0.00000127. The van der Waals surface area contributed by atoms with Crippen molar-refractivity contribution in [1.29, 1.82) is 0 Å². The molecule has 3 heteroatoms. The zero-order valence-corrected chi connectivity index (χ0v) is 26.1. The molecule has 186 valence electrons. The molecule has 0 N–H and O–H groups in total. The third kappa shape index (κ3) is 4.40. The molecule has 0 spiro atoms. The van der Waals surface area contributed by atoms with Gasteiger partial charge in [-0.1, -0.05) is 0 Å². The summed E-state index contributed by atoms with van der Waals surface area (Å²) < 4.78 is 4.97. The minimum Gasteiger partial charge on any atom is -0.147 e. The Hall–Kier alpha value is -0.630. The fraction of sp³-hybridized carbons (Fsp3) is 0.500. The molecule has 4 aliphatic carbocycles. The van der Waals surface area contributed by atoms with E-state index >= 15 is 0 Å². The van der Waals surface area contributed by atoms with Gasteiger partial charge >= 0.3 is 206 Å². The number of halogens is 2. The Morgan fingerprint density at radius 3 is 1.31 bits per heavy atom. The first-order valence-corrected chi connectivity index (χ1v) is 23.2. The molecule has 2 aromatic rings. The van der Waals surface area contributed by atoms with Gasteiger partial charge in [0.05, 0.1) is 0 Å². The van der Waals surface area contributed by atoms with Gasteiger partial charge in [-0.25, -0.2) is 0 Å². The molecule has 35 heavy (non-hydrogen) atoms. The summed E-state index contributed by atoms with van der Waals surface area (Å²) >= 11 is -2.68. The standard InChI is InChI=1S/2C15H17.C2H4.2ClH.Hf/c2*1-2-6-12(7-3-1)15-10-13-8-4-5-9-14(13)11-15;1-2;;;/h2*4-5,8-12H,1-3,6-7H2;1-2H2;2*1H;. The molecule has 0 aromatic heterocycles. The van der Waals surface area contributed by atoms with Crippen LogP contribution in [0, 0.1) is 11.8 Å². The molecule has 2 unspecified atom stereocenters. The third-order valence-corrected chi connectivity index (χ3v) is 28.9. The van der Waals surface area contributed by atoms with Gasteiger partial charge in [-0.05, 0) is 0 Å². The van der Waals surface area contributed by atoms with Crippen LogP contribution in [0.2, 0.25) is 8.35 Å². The summed E-state index contributed by atoms with van der Waals surface area (Å²) in [6, 6.07) is 19.2. The molecule has 2 atom stereocenters. The Labute approximate surface area is 229 Å². The first kappa shape index (κ1) is 26.0. The molecule has 2 aromatic carbocycles. The number of benzene rings is 2. The minimum absolute atomic E-state index is 0. The summed E-state index contributed by atoms with van der Waals surface area (Å²) in [5, 5.41) is 0. The molecular weight excluding hydrogens is 634 g/mol. The topological polar surface area (TPSA) is 0 Å². The largest absolute Gasteiger partial charge is 0.147 e. The second-order valence-corrected chi connectivity index (χ2v) is 28.4. The number of allylic oxidation sites excluding steroid dienone is 2. The first-order chi connectivity index (χ1) is 16.4. The van der Waals surface area contributed by atoms with Crippen LogP contribution in [0.4, 0.5) is 0 Å². The van der Waals surface area contributed by atoms with E-state index in [1.54, 1.807) is 30.6 Å². The zero-order chi connectivity index (χ0) is 21.8. The average molecular weight is 674 g/mol. The monoisotopic (exact) mass is 674 g/mol. The number of hydrogen-bond donors (Lipinski definition) is 0. The van der Waals surface area contributed by atoms with Crippen molar-refractivity contribution in [2.24, 2.45) is 11.8 Å². The van der Waals surface area contributed by atoms with Crippen molar-refractivity contribution in [3.63, 3.8) is 0 Å². The van der Waals surface area contributed by atoms with Crippen molar-refractivity contribution in [2.45, 2.75) is 79.9 Å². The quantitative estimate of drug-likeness (QED) is 0.284. The molecule has 0 nitrogen and oxygen atoms in total. The van der Waals surface area contributed by atoms with E-state index in [4.69, 9.17) is 0 Å². The third-order valence-electron chi connectivity index (χ3n) is 10.1. The number of fused-ring (bicyclic) bond motifs is 2. The van der Waals surface area contributed by atoms with Gasteiger partial charge < -0.3 is 0 Å². The van der Waals surface area contributed by atoms with Crippen LogP contribution >= 0.6 is 24.8 Å². The number of hydrogen-bond acceptors (Lipinski definition) is 0. The van der Waals surface area contributed by atoms with Crippen LogP contribution in [0.15, 0.2) is 59.7 Å². The van der Waals surface area contributed by atoms with E-state index in [9.17, 15) is 0 Å². The van der Waals surface area contributed by atoms with E-state index in [-0.39, 0.29) is 24.8 Å². The van der Waals surface area contributed by atoms with Crippen molar-refractivity contribution in [1.82, 2.24) is 0 Å². The van der Waals surface area contributed by atoms with Gasteiger partial charge in [-0.2, -0.15) is 0 Å². The Bertz CT molecular complexity index is 1030. The molecule has 1 saturated heterocycles. The zero-order valence-electron chi connectivity index (χ0n) is 20.9. The molecule has 1 aliphatic heterocycles. The maximum atomic E-state index is 2.71.